The summed E-state index contributed by atoms with van der Waals surface area (Å²) in [7, 11) is -2.47. The second-order valence-corrected chi connectivity index (χ2v) is 11.3. The number of rotatable bonds is 7. The zero-order valence-corrected chi connectivity index (χ0v) is 22.6. The highest BCUT2D eigenvalue weighted by atomic mass is 32.2. The molecule has 0 bridgehead atoms. The molecule has 2 atom stereocenters. The summed E-state index contributed by atoms with van der Waals surface area (Å²) < 4.78 is 76.9. The Labute approximate surface area is 233 Å². The third-order valence-corrected chi connectivity index (χ3v) is 8.43. The fourth-order valence-corrected chi connectivity index (χ4v) is 5.85. The molecule has 1 aliphatic heterocycles. The van der Waals surface area contributed by atoms with Crippen molar-refractivity contribution in [1.82, 2.24) is 24.5 Å². The van der Waals surface area contributed by atoms with Gasteiger partial charge in [-0.05, 0) is 47.9 Å². The van der Waals surface area contributed by atoms with Crippen LogP contribution < -0.4 is 10.1 Å². The summed E-state index contributed by atoms with van der Waals surface area (Å²) in [6, 6.07) is 11.1. The molecule has 0 saturated carbocycles. The van der Waals surface area contributed by atoms with Crippen LogP contribution in [0.25, 0.3) is 22.7 Å². The number of pyridine rings is 2. The van der Waals surface area contributed by atoms with E-state index in [9.17, 15) is 26.7 Å². The molecule has 0 unspecified atom stereocenters. The van der Waals surface area contributed by atoms with Crippen molar-refractivity contribution < 1.29 is 35.8 Å². The maximum absolute atomic E-state index is 13.3. The summed E-state index contributed by atoms with van der Waals surface area (Å²) in [6.07, 6.45) is -4.70. The van der Waals surface area contributed by atoms with Crippen molar-refractivity contribution in [2.45, 2.75) is 36.6 Å². The molecule has 5 rings (SSSR count). The molecule has 216 valence electrons. The van der Waals surface area contributed by atoms with E-state index in [2.05, 4.69) is 25.5 Å². The number of aryl methyl sites for hydroxylation is 1. The number of ether oxygens (including phenoxy) is 1. The van der Waals surface area contributed by atoms with Crippen molar-refractivity contribution in [3.05, 3.63) is 66.2 Å². The molecule has 1 aliphatic rings. The van der Waals surface area contributed by atoms with Crippen LogP contribution in [0.5, 0.6) is 5.88 Å². The Kier molecular flexibility index (Phi) is 7.68. The number of alkyl halides is 3. The number of β-amino-alcohol motifs (C(OH)–C–C–N with tert-alkyl or cyclic N) is 1. The number of aromatic nitrogens is 4. The molecule has 0 aliphatic carbocycles. The monoisotopic (exact) mass is 590 g/mol. The van der Waals surface area contributed by atoms with Crippen LogP contribution in [0.2, 0.25) is 0 Å². The molecule has 41 heavy (non-hydrogen) atoms. The van der Waals surface area contributed by atoms with E-state index in [0.717, 1.165) is 6.07 Å². The summed E-state index contributed by atoms with van der Waals surface area (Å²) in [4.78, 5) is 8.13. The van der Waals surface area contributed by atoms with Crippen molar-refractivity contribution in [2.24, 2.45) is 0 Å². The molecule has 2 N–H and O–H groups in total. The van der Waals surface area contributed by atoms with E-state index in [1.165, 1.54) is 29.6 Å². The molecule has 11 nitrogen and oxygen atoms in total. The molecule has 1 saturated heterocycles. The molecule has 15 heteroatoms. The second kappa shape index (κ2) is 11.1. The predicted octanol–water partition coefficient (Wildman–Crippen LogP) is 3.77. The van der Waals surface area contributed by atoms with Crippen LogP contribution in [0.4, 0.5) is 19.0 Å². The third-order valence-electron chi connectivity index (χ3n) is 6.55. The Balaban J connectivity index is 1.28. The maximum atomic E-state index is 13.3. The standard InChI is InChI=1S/C26H25F3N6O5S/c1-15-33-34-25(40-15)21-11-17(12-24(32-21)39-2)16-3-6-19(7-4-16)41(37,38)35-10-9-20(22(36)14-35)31-23-8-5-18(13-30-23)26(27,28)29/h3-8,11-13,20,22,36H,9-10,14H2,1-2H3,(H,30,31)/t20-,22+/m1/s1. The van der Waals surface area contributed by atoms with Crippen LogP contribution in [0.15, 0.2) is 64.0 Å². The van der Waals surface area contributed by atoms with Crippen molar-refractivity contribution in [2.75, 3.05) is 25.5 Å². The second-order valence-electron chi connectivity index (χ2n) is 9.33. The summed E-state index contributed by atoms with van der Waals surface area (Å²) >= 11 is 0. The van der Waals surface area contributed by atoms with E-state index in [-0.39, 0.29) is 36.1 Å². The van der Waals surface area contributed by atoms with Crippen molar-refractivity contribution >= 4 is 15.8 Å². The first-order valence-electron chi connectivity index (χ1n) is 12.4. The van der Waals surface area contributed by atoms with Crippen LogP contribution in [-0.4, -0.2) is 70.3 Å². The summed E-state index contributed by atoms with van der Waals surface area (Å²) in [5.74, 6) is 1.05. The maximum Gasteiger partial charge on any atom is 0.417 e. The average molecular weight is 591 g/mol. The minimum absolute atomic E-state index is 0.0398. The highest BCUT2D eigenvalue weighted by Gasteiger charge is 2.35. The number of sulfonamides is 1. The third kappa shape index (κ3) is 6.16. The van der Waals surface area contributed by atoms with Gasteiger partial charge in [0.05, 0.1) is 29.7 Å². The highest BCUT2D eigenvalue weighted by Crippen LogP contribution is 2.31. The highest BCUT2D eigenvalue weighted by molar-refractivity contribution is 7.89. The molecule has 1 fully saturated rings. The number of nitrogens with zero attached hydrogens (tertiary/aromatic N) is 5. The fraction of sp³-hybridized carbons (Fsp3) is 0.308. The molecule has 0 amide bonds. The molecular weight excluding hydrogens is 565 g/mol. The van der Waals surface area contributed by atoms with Gasteiger partial charge in [-0.25, -0.2) is 18.4 Å². The number of benzene rings is 1. The molecule has 1 aromatic carbocycles. The van der Waals surface area contributed by atoms with Crippen LogP contribution in [0.3, 0.4) is 0 Å². The van der Waals surface area contributed by atoms with Crippen molar-refractivity contribution in [1.29, 1.82) is 0 Å². The number of methoxy groups -OCH3 is 1. The Bertz CT molecular complexity index is 1630. The van der Waals surface area contributed by atoms with Gasteiger partial charge in [0.1, 0.15) is 11.5 Å². The van der Waals surface area contributed by atoms with Crippen LogP contribution >= 0.6 is 0 Å². The molecule has 4 aromatic rings. The van der Waals surface area contributed by atoms with Gasteiger partial charge in [0, 0.05) is 32.3 Å². The quantitative estimate of drug-likeness (QED) is 0.327. The number of aliphatic hydroxyl groups excluding tert-OH is 1. The number of piperidine rings is 1. The smallest absolute Gasteiger partial charge is 0.417 e. The molecule has 0 spiro atoms. The minimum Gasteiger partial charge on any atom is -0.481 e. The molecular formula is C26H25F3N6O5S. The van der Waals surface area contributed by atoms with Gasteiger partial charge < -0.3 is 19.6 Å². The zero-order chi connectivity index (χ0) is 29.4. The average Bonchev–Trinajstić information content (AvgIpc) is 3.40. The van der Waals surface area contributed by atoms with Gasteiger partial charge in [0.2, 0.25) is 21.8 Å². The lowest BCUT2D eigenvalue weighted by Crippen LogP contribution is -2.51. The van der Waals surface area contributed by atoms with Crippen LogP contribution in [-0.2, 0) is 16.2 Å². The first-order chi connectivity index (χ1) is 19.4. The van der Waals surface area contributed by atoms with Gasteiger partial charge in [0.25, 0.3) is 5.89 Å². The number of halogens is 3. The Morgan fingerprint density at radius 3 is 2.44 bits per heavy atom. The first-order valence-corrected chi connectivity index (χ1v) is 13.8. The summed E-state index contributed by atoms with van der Waals surface area (Å²) in [5, 5.41) is 21.3. The minimum atomic E-state index is -4.51. The number of hydrogen-bond acceptors (Lipinski definition) is 10. The molecule has 4 heterocycles. The zero-order valence-electron chi connectivity index (χ0n) is 21.8. The van der Waals surface area contributed by atoms with E-state index >= 15 is 0 Å². The van der Waals surface area contributed by atoms with Gasteiger partial charge in [0.15, 0.2) is 0 Å². The summed E-state index contributed by atoms with van der Waals surface area (Å²) in [6.45, 7) is 1.55. The van der Waals surface area contributed by atoms with Crippen LogP contribution in [0, 0.1) is 6.92 Å². The first kappa shape index (κ1) is 28.4. The Hall–Kier alpha value is -4.08. The van der Waals surface area contributed by atoms with E-state index in [4.69, 9.17) is 9.15 Å². The predicted molar refractivity (Wildman–Crippen MR) is 140 cm³/mol. The van der Waals surface area contributed by atoms with Crippen molar-refractivity contribution in [3.63, 3.8) is 0 Å². The number of anilines is 1. The number of hydrogen-bond donors (Lipinski definition) is 2. The Morgan fingerprint density at radius 1 is 1.10 bits per heavy atom. The number of aliphatic hydroxyl groups is 1. The topological polar surface area (TPSA) is 144 Å². The van der Waals surface area contributed by atoms with Gasteiger partial charge in [-0.2, -0.15) is 17.5 Å². The largest absolute Gasteiger partial charge is 0.481 e. The molecule has 3 aromatic heterocycles. The number of nitrogens with one attached hydrogen (secondary N) is 1. The van der Waals surface area contributed by atoms with Gasteiger partial charge in [-0.1, -0.05) is 12.1 Å². The van der Waals surface area contributed by atoms with E-state index in [1.807, 2.05) is 0 Å². The SMILES string of the molecule is COc1cc(-c2ccc(S(=O)(=O)N3CC[C@@H](Nc4ccc(C(F)(F)F)cn4)[C@@H](O)C3)cc2)cc(-c2nnc(C)o2)n1. The van der Waals surface area contributed by atoms with E-state index in [0.29, 0.717) is 34.8 Å². The van der Waals surface area contributed by atoms with Gasteiger partial charge in [-0.15, -0.1) is 10.2 Å². The fourth-order valence-electron chi connectivity index (χ4n) is 4.38. The summed E-state index contributed by atoms with van der Waals surface area (Å²) in [5.41, 5.74) is 0.884. The van der Waals surface area contributed by atoms with Gasteiger partial charge in [-0.3, -0.25) is 0 Å². The molecule has 0 radical (unpaired) electrons. The Morgan fingerprint density at radius 2 is 1.85 bits per heavy atom. The van der Waals surface area contributed by atoms with E-state index in [1.54, 1.807) is 31.2 Å². The lowest BCUT2D eigenvalue weighted by atomic mass is 10.0. The normalized spacial score (nSPS) is 18.3. The van der Waals surface area contributed by atoms with E-state index < -0.39 is 33.9 Å². The van der Waals surface area contributed by atoms with Crippen molar-refractivity contribution in [3.8, 4) is 28.6 Å². The van der Waals surface area contributed by atoms with Gasteiger partial charge >= 0.3 is 6.18 Å². The lowest BCUT2D eigenvalue weighted by Gasteiger charge is -2.35. The van der Waals surface area contributed by atoms with Crippen LogP contribution in [0.1, 0.15) is 17.9 Å². The lowest BCUT2D eigenvalue weighted by molar-refractivity contribution is -0.137.